The van der Waals surface area contributed by atoms with Gasteiger partial charge in [-0.05, 0) is 60.6 Å². The van der Waals surface area contributed by atoms with E-state index in [4.69, 9.17) is 20.8 Å². The Morgan fingerprint density at radius 2 is 1.84 bits per heavy atom. The molecule has 1 unspecified atom stereocenters. The van der Waals surface area contributed by atoms with Crippen LogP contribution >= 0.6 is 11.6 Å². The summed E-state index contributed by atoms with van der Waals surface area (Å²) in [5, 5.41) is -0.569. The van der Waals surface area contributed by atoms with E-state index in [9.17, 15) is 14.4 Å². The van der Waals surface area contributed by atoms with Crippen LogP contribution in [-0.4, -0.2) is 60.6 Å². The number of nitrogens with zero attached hydrogens (tertiary/aromatic N) is 2. The molecule has 2 fully saturated rings. The largest absolute Gasteiger partial charge is 0.456 e. The highest BCUT2D eigenvalue weighted by atomic mass is 35.5. The number of halogens is 1. The fraction of sp³-hybridized carbons (Fsp3) is 0.607. The fourth-order valence-corrected chi connectivity index (χ4v) is 7.41. The molecular weight excluding hydrogens is 508 g/mol. The van der Waals surface area contributed by atoms with Gasteiger partial charge in [-0.15, -0.1) is 0 Å². The molecule has 4 rings (SSSR count). The van der Waals surface area contributed by atoms with Crippen LogP contribution < -0.4 is 0 Å². The number of carbonyl (C=O) groups excluding carboxylic acids is 3. The lowest BCUT2D eigenvalue weighted by molar-refractivity contribution is -0.164. The highest BCUT2D eigenvalue weighted by Crippen LogP contribution is 2.54. The third kappa shape index (κ3) is 5.00. The van der Waals surface area contributed by atoms with E-state index in [0.717, 1.165) is 24.0 Å². The maximum atomic E-state index is 13.7. The standard InChI is InChI=1S/C28H39ClN2O5Si/c1-17(36-37(6,7)28(2,3)4)21-23-19-14-11-15-20(30(5)27(29)34)22(19)24(31(23)25(21)32)26(33)35-16-18-12-9-8-10-13-18/h8-10,12-13,17,19-21,23H,11,14-16H2,1-7H3/t17?,19-,20-,21+,23+/m0/s1. The number of esters is 1. The first-order valence-corrected chi connectivity index (χ1v) is 16.4. The van der Waals surface area contributed by atoms with E-state index in [1.54, 1.807) is 11.9 Å². The second kappa shape index (κ2) is 10.2. The Morgan fingerprint density at radius 3 is 2.43 bits per heavy atom. The van der Waals surface area contributed by atoms with Crippen molar-refractivity contribution in [2.75, 3.05) is 7.05 Å². The van der Waals surface area contributed by atoms with E-state index in [2.05, 4.69) is 33.9 Å². The number of hydrogen-bond donors (Lipinski definition) is 0. The fourth-order valence-electron chi connectivity index (χ4n) is 5.86. The van der Waals surface area contributed by atoms with Crippen LogP contribution in [-0.2, 0) is 25.4 Å². The molecule has 1 aromatic rings. The summed E-state index contributed by atoms with van der Waals surface area (Å²) in [7, 11) is -0.459. The maximum absolute atomic E-state index is 13.7. The van der Waals surface area contributed by atoms with E-state index < -0.39 is 19.7 Å². The summed E-state index contributed by atoms with van der Waals surface area (Å²) in [5.74, 6) is -1.02. The van der Waals surface area contributed by atoms with Gasteiger partial charge in [0.2, 0.25) is 5.91 Å². The molecule has 0 spiro atoms. The zero-order chi connectivity index (χ0) is 27.3. The smallest absolute Gasteiger partial charge is 0.355 e. The molecular formula is C28H39ClN2O5Si. The van der Waals surface area contributed by atoms with Gasteiger partial charge in [-0.1, -0.05) is 57.5 Å². The molecule has 5 atom stereocenters. The number of benzene rings is 1. The number of carbonyl (C=O) groups is 3. The number of ether oxygens (including phenoxy) is 1. The Balaban J connectivity index is 1.66. The minimum atomic E-state index is -2.11. The van der Waals surface area contributed by atoms with Crippen molar-refractivity contribution in [1.29, 1.82) is 0 Å². The molecule has 1 aromatic carbocycles. The van der Waals surface area contributed by atoms with Gasteiger partial charge < -0.3 is 19.0 Å². The van der Waals surface area contributed by atoms with Crippen molar-refractivity contribution in [3.8, 4) is 0 Å². The van der Waals surface area contributed by atoms with Gasteiger partial charge in [-0.3, -0.25) is 9.59 Å². The SMILES string of the molecule is CC(O[Si](C)(C)C(C)(C)C)[C@H]1C(=O)N2C(C(=O)OCc3ccccc3)=C3[C@H](CCC[C@@H]3N(C)C(=O)Cl)[C@H]12. The van der Waals surface area contributed by atoms with Crippen LogP contribution in [0.4, 0.5) is 4.79 Å². The molecule has 1 saturated heterocycles. The molecule has 9 heteroatoms. The number of fused-ring (bicyclic) bond motifs is 3. The third-order valence-corrected chi connectivity index (χ3v) is 13.6. The molecule has 7 nitrogen and oxygen atoms in total. The van der Waals surface area contributed by atoms with E-state index in [0.29, 0.717) is 12.1 Å². The van der Waals surface area contributed by atoms with Gasteiger partial charge in [0.05, 0.1) is 24.1 Å². The minimum Gasteiger partial charge on any atom is -0.456 e. The lowest BCUT2D eigenvalue weighted by Crippen LogP contribution is -2.65. The molecule has 2 aliphatic heterocycles. The highest BCUT2D eigenvalue weighted by molar-refractivity contribution is 6.74. The van der Waals surface area contributed by atoms with Crippen LogP contribution in [0, 0.1) is 11.8 Å². The first-order chi connectivity index (χ1) is 17.3. The molecule has 0 aromatic heterocycles. The molecule has 0 N–H and O–H groups in total. The maximum Gasteiger partial charge on any atom is 0.355 e. The Morgan fingerprint density at radius 1 is 1.19 bits per heavy atom. The van der Waals surface area contributed by atoms with Gasteiger partial charge in [0.1, 0.15) is 12.3 Å². The minimum absolute atomic E-state index is 0.0125. The third-order valence-electron chi connectivity index (χ3n) is 8.81. The summed E-state index contributed by atoms with van der Waals surface area (Å²) in [6.45, 7) is 13.0. The molecule has 37 heavy (non-hydrogen) atoms. The first kappa shape index (κ1) is 27.9. The van der Waals surface area contributed by atoms with E-state index >= 15 is 0 Å². The number of likely N-dealkylation sites (N-methyl/N-ethyl adjacent to an activating group) is 1. The van der Waals surface area contributed by atoms with Crippen molar-refractivity contribution in [3.05, 3.63) is 47.2 Å². The predicted molar refractivity (Wildman–Crippen MR) is 145 cm³/mol. The van der Waals surface area contributed by atoms with Crippen molar-refractivity contribution in [2.45, 2.75) is 89.9 Å². The van der Waals surface area contributed by atoms with Gasteiger partial charge in [-0.2, -0.15) is 0 Å². The molecule has 0 radical (unpaired) electrons. The number of rotatable bonds is 7. The Bertz CT molecular complexity index is 1100. The molecule has 2 heterocycles. The first-order valence-electron chi connectivity index (χ1n) is 13.1. The second-order valence-corrected chi connectivity index (χ2v) is 17.2. The van der Waals surface area contributed by atoms with Crippen molar-refractivity contribution >= 4 is 37.2 Å². The monoisotopic (exact) mass is 546 g/mol. The van der Waals surface area contributed by atoms with Crippen LogP contribution in [0.15, 0.2) is 41.6 Å². The summed E-state index contributed by atoms with van der Waals surface area (Å²) in [6.07, 6.45) is 2.13. The van der Waals surface area contributed by atoms with Crippen LogP contribution in [0.1, 0.15) is 52.5 Å². The zero-order valence-corrected chi connectivity index (χ0v) is 24.7. The Kier molecular flexibility index (Phi) is 7.67. The lowest BCUT2D eigenvalue weighted by atomic mass is 9.71. The highest BCUT2D eigenvalue weighted by Gasteiger charge is 2.63. The second-order valence-electron chi connectivity index (χ2n) is 12.1. The van der Waals surface area contributed by atoms with E-state index in [1.165, 1.54) is 4.90 Å². The molecule has 1 saturated carbocycles. The Labute approximate surface area is 226 Å². The molecule has 0 bridgehead atoms. The number of amides is 2. The van der Waals surface area contributed by atoms with Crippen LogP contribution in [0.5, 0.6) is 0 Å². The van der Waals surface area contributed by atoms with E-state index in [-0.39, 0.29) is 47.6 Å². The van der Waals surface area contributed by atoms with Crippen molar-refractivity contribution < 1.29 is 23.5 Å². The summed E-state index contributed by atoms with van der Waals surface area (Å²) < 4.78 is 12.4. The van der Waals surface area contributed by atoms with Crippen LogP contribution in [0.25, 0.3) is 0 Å². The zero-order valence-electron chi connectivity index (χ0n) is 22.9. The topological polar surface area (TPSA) is 76.2 Å². The number of β-lactam (4-membered cyclic amide) rings is 1. The van der Waals surface area contributed by atoms with Gasteiger partial charge in [0.25, 0.3) is 0 Å². The average molecular weight is 547 g/mol. The van der Waals surface area contributed by atoms with Crippen molar-refractivity contribution in [2.24, 2.45) is 11.8 Å². The van der Waals surface area contributed by atoms with Gasteiger partial charge in [-0.25, -0.2) is 4.79 Å². The molecule has 202 valence electrons. The normalized spacial score (nSPS) is 26.3. The van der Waals surface area contributed by atoms with Crippen molar-refractivity contribution in [3.63, 3.8) is 0 Å². The summed E-state index contributed by atoms with van der Waals surface area (Å²) in [4.78, 5) is 42.5. The Hall–Kier alpha value is -2.16. The van der Waals surface area contributed by atoms with Gasteiger partial charge in [0.15, 0.2) is 8.32 Å². The van der Waals surface area contributed by atoms with Crippen LogP contribution in [0.2, 0.25) is 18.1 Å². The lowest BCUT2D eigenvalue weighted by Gasteiger charge is -2.51. The number of hydrogen-bond acceptors (Lipinski definition) is 5. The quantitative estimate of drug-likeness (QED) is 0.144. The molecule has 3 aliphatic rings. The van der Waals surface area contributed by atoms with Crippen LogP contribution in [0.3, 0.4) is 0 Å². The van der Waals surface area contributed by atoms with Gasteiger partial charge in [0, 0.05) is 13.0 Å². The van der Waals surface area contributed by atoms with E-state index in [1.807, 2.05) is 37.3 Å². The predicted octanol–water partition coefficient (Wildman–Crippen LogP) is 5.69. The van der Waals surface area contributed by atoms with Crippen molar-refractivity contribution in [1.82, 2.24) is 9.80 Å². The summed E-state index contributed by atoms with van der Waals surface area (Å²) >= 11 is 5.88. The molecule has 2 amide bonds. The average Bonchev–Trinajstić information content (AvgIpc) is 3.12. The molecule has 1 aliphatic carbocycles. The van der Waals surface area contributed by atoms with Gasteiger partial charge >= 0.3 is 11.3 Å². The summed E-state index contributed by atoms with van der Waals surface area (Å²) in [5.41, 5.74) is 1.97. The summed E-state index contributed by atoms with van der Waals surface area (Å²) in [6, 6.07) is 8.93.